The number of aromatic nitrogens is 2. The number of hydrogen-bond donors (Lipinski definition) is 1. The van der Waals surface area contributed by atoms with Gasteiger partial charge < -0.3 is 10.5 Å². The van der Waals surface area contributed by atoms with Crippen molar-refractivity contribution in [1.82, 2.24) is 10.2 Å². The van der Waals surface area contributed by atoms with E-state index < -0.39 is 0 Å². The van der Waals surface area contributed by atoms with E-state index in [1.54, 1.807) is 12.3 Å². The highest BCUT2D eigenvalue weighted by Crippen LogP contribution is 2.29. The quantitative estimate of drug-likeness (QED) is 0.799. The molecule has 20 heavy (non-hydrogen) atoms. The molecule has 4 nitrogen and oxygen atoms in total. The Bertz CT molecular complexity index is 756. The monoisotopic (exact) mass is 285 g/mol. The Morgan fingerprint density at radius 3 is 2.80 bits per heavy atom. The summed E-state index contributed by atoms with van der Waals surface area (Å²) in [5.74, 6) is 1.07. The molecule has 5 heteroatoms. The minimum Gasteiger partial charge on any atom is -0.437 e. The van der Waals surface area contributed by atoms with Crippen molar-refractivity contribution in [1.29, 1.82) is 0 Å². The third-order valence-electron chi connectivity index (χ3n) is 3.00. The molecule has 0 saturated heterocycles. The van der Waals surface area contributed by atoms with Gasteiger partial charge in [-0.2, -0.15) is 5.10 Å². The summed E-state index contributed by atoms with van der Waals surface area (Å²) in [6.07, 6.45) is 1.70. The second-order valence-corrected chi connectivity index (χ2v) is 4.70. The summed E-state index contributed by atoms with van der Waals surface area (Å²) in [6.45, 7) is 0.396. The van der Waals surface area contributed by atoms with Gasteiger partial charge in [-0.3, -0.25) is 0 Å². The Labute approximate surface area is 121 Å². The number of rotatable bonds is 3. The molecule has 1 heterocycles. The van der Waals surface area contributed by atoms with Crippen LogP contribution in [0.5, 0.6) is 11.6 Å². The highest BCUT2D eigenvalue weighted by atomic mass is 35.5. The van der Waals surface area contributed by atoms with Crippen LogP contribution in [0.2, 0.25) is 5.02 Å². The summed E-state index contributed by atoms with van der Waals surface area (Å²) in [7, 11) is 0. The maximum absolute atomic E-state index is 6.12. The van der Waals surface area contributed by atoms with E-state index in [0.29, 0.717) is 23.2 Å². The average molecular weight is 286 g/mol. The van der Waals surface area contributed by atoms with Crippen LogP contribution >= 0.6 is 11.6 Å². The summed E-state index contributed by atoms with van der Waals surface area (Å²) in [4.78, 5) is 0. The molecule has 0 fully saturated rings. The van der Waals surface area contributed by atoms with Gasteiger partial charge in [-0.15, -0.1) is 5.10 Å². The van der Waals surface area contributed by atoms with Gasteiger partial charge in [0.2, 0.25) is 5.88 Å². The molecule has 0 radical (unpaired) electrons. The summed E-state index contributed by atoms with van der Waals surface area (Å²) < 4.78 is 5.77. The number of hydrogen-bond acceptors (Lipinski definition) is 4. The number of nitrogens with two attached hydrogens (primary N) is 1. The Balaban J connectivity index is 1.99. The van der Waals surface area contributed by atoms with Gasteiger partial charge in [0.05, 0.1) is 6.20 Å². The zero-order valence-electron chi connectivity index (χ0n) is 10.6. The van der Waals surface area contributed by atoms with Gasteiger partial charge in [-0.25, -0.2) is 0 Å². The molecule has 0 amide bonds. The largest absolute Gasteiger partial charge is 0.437 e. The van der Waals surface area contributed by atoms with Crippen molar-refractivity contribution in [2.75, 3.05) is 0 Å². The predicted octanol–water partition coefficient (Wildman–Crippen LogP) is 3.53. The van der Waals surface area contributed by atoms with Crippen LogP contribution < -0.4 is 10.5 Å². The molecule has 0 atom stereocenters. The lowest BCUT2D eigenvalue weighted by atomic mass is 10.2. The molecule has 3 aromatic rings. The van der Waals surface area contributed by atoms with Crippen molar-refractivity contribution in [3.63, 3.8) is 0 Å². The Hall–Kier alpha value is -2.17. The summed E-state index contributed by atoms with van der Waals surface area (Å²) in [6, 6.07) is 13.2. The molecule has 2 N–H and O–H groups in total. The summed E-state index contributed by atoms with van der Waals surface area (Å²) in [5, 5.41) is 10.4. The van der Waals surface area contributed by atoms with Crippen molar-refractivity contribution in [3.8, 4) is 11.6 Å². The van der Waals surface area contributed by atoms with Crippen LogP contribution in [-0.2, 0) is 6.54 Å². The van der Waals surface area contributed by atoms with Gasteiger partial charge in [0.15, 0.2) is 0 Å². The van der Waals surface area contributed by atoms with Crippen LogP contribution in [0.1, 0.15) is 5.56 Å². The summed E-state index contributed by atoms with van der Waals surface area (Å²) >= 11 is 6.12. The van der Waals surface area contributed by atoms with Crippen molar-refractivity contribution < 1.29 is 4.74 Å². The number of halogens is 1. The van der Waals surface area contributed by atoms with E-state index >= 15 is 0 Å². The lowest BCUT2D eigenvalue weighted by Crippen LogP contribution is -1.97. The number of ether oxygens (including phenoxy) is 1. The van der Waals surface area contributed by atoms with E-state index in [0.717, 1.165) is 16.3 Å². The number of fused-ring (bicyclic) bond motifs is 1. The molecule has 0 aliphatic carbocycles. The fourth-order valence-corrected chi connectivity index (χ4v) is 2.19. The number of benzene rings is 2. The summed E-state index contributed by atoms with van der Waals surface area (Å²) in [5.41, 5.74) is 6.46. The zero-order valence-corrected chi connectivity index (χ0v) is 11.3. The van der Waals surface area contributed by atoms with Crippen molar-refractivity contribution >= 4 is 22.4 Å². The Morgan fingerprint density at radius 1 is 1.15 bits per heavy atom. The first kappa shape index (κ1) is 12.8. The highest BCUT2D eigenvalue weighted by molar-refractivity contribution is 6.31. The first-order valence-corrected chi connectivity index (χ1v) is 6.52. The van der Waals surface area contributed by atoms with Gasteiger partial charge in [-0.1, -0.05) is 35.9 Å². The zero-order chi connectivity index (χ0) is 13.9. The molecular weight excluding hydrogens is 274 g/mol. The van der Waals surface area contributed by atoms with Gasteiger partial charge in [0, 0.05) is 22.3 Å². The highest BCUT2D eigenvalue weighted by Gasteiger charge is 2.07. The standard InChI is InChI=1S/C15H12ClN3O/c16-14-7-12(6-5-10(14)8-17)20-15-13-4-2-1-3-11(13)9-18-19-15/h1-7,9H,8,17H2. The van der Waals surface area contributed by atoms with Crippen LogP contribution in [0.3, 0.4) is 0 Å². The second-order valence-electron chi connectivity index (χ2n) is 4.30. The lowest BCUT2D eigenvalue weighted by molar-refractivity contribution is 0.462. The van der Waals surface area contributed by atoms with E-state index in [1.165, 1.54) is 0 Å². The fraction of sp³-hybridized carbons (Fsp3) is 0.0667. The molecule has 0 aliphatic rings. The molecule has 2 aromatic carbocycles. The molecule has 1 aromatic heterocycles. The van der Waals surface area contributed by atoms with E-state index in [9.17, 15) is 0 Å². The van der Waals surface area contributed by atoms with Crippen LogP contribution in [0.15, 0.2) is 48.7 Å². The third-order valence-corrected chi connectivity index (χ3v) is 3.35. The topological polar surface area (TPSA) is 61.0 Å². The van der Waals surface area contributed by atoms with E-state index in [-0.39, 0.29) is 0 Å². The van der Waals surface area contributed by atoms with Crippen molar-refractivity contribution in [2.45, 2.75) is 6.54 Å². The predicted molar refractivity (Wildman–Crippen MR) is 79.0 cm³/mol. The third kappa shape index (κ3) is 2.43. The van der Waals surface area contributed by atoms with Gasteiger partial charge in [0.1, 0.15) is 5.75 Å². The molecule has 0 spiro atoms. The molecule has 0 saturated carbocycles. The smallest absolute Gasteiger partial charge is 0.246 e. The van der Waals surface area contributed by atoms with Crippen LogP contribution in [0, 0.1) is 0 Å². The molecular formula is C15H12ClN3O. The SMILES string of the molecule is NCc1ccc(Oc2nncc3ccccc23)cc1Cl. The van der Waals surface area contributed by atoms with Gasteiger partial charge in [-0.05, 0) is 23.8 Å². The van der Waals surface area contributed by atoms with E-state index in [1.807, 2.05) is 36.4 Å². The fourth-order valence-electron chi connectivity index (χ4n) is 1.95. The van der Waals surface area contributed by atoms with Crippen LogP contribution in [-0.4, -0.2) is 10.2 Å². The van der Waals surface area contributed by atoms with Gasteiger partial charge >= 0.3 is 0 Å². The van der Waals surface area contributed by atoms with Gasteiger partial charge in [0.25, 0.3) is 0 Å². The molecule has 100 valence electrons. The maximum atomic E-state index is 6.12. The number of nitrogens with zero attached hydrogens (tertiary/aromatic N) is 2. The lowest BCUT2D eigenvalue weighted by Gasteiger charge is -2.08. The average Bonchev–Trinajstić information content (AvgIpc) is 2.48. The van der Waals surface area contributed by atoms with Crippen LogP contribution in [0.25, 0.3) is 10.8 Å². The normalized spacial score (nSPS) is 10.7. The van der Waals surface area contributed by atoms with Crippen molar-refractivity contribution in [3.05, 3.63) is 59.2 Å². The first-order chi connectivity index (χ1) is 9.78. The first-order valence-electron chi connectivity index (χ1n) is 6.14. The molecule has 0 bridgehead atoms. The van der Waals surface area contributed by atoms with Crippen molar-refractivity contribution in [2.24, 2.45) is 5.73 Å². The molecule has 0 unspecified atom stereocenters. The van der Waals surface area contributed by atoms with E-state index in [2.05, 4.69) is 10.2 Å². The van der Waals surface area contributed by atoms with Crippen LogP contribution in [0.4, 0.5) is 0 Å². The molecule has 0 aliphatic heterocycles. The maximum Gasteiger partial charge on any atom is 0.246 e. The second kappa shape index (κ2) is 5.45. The Kier molecular flexibility index (Phi) is 3.50. The Morgan fingerprint density at radius 2 is 2.00 bits per heavy atom. The van der Waals surface area contributed by atoms with E-state index in [4.69, 9.17) is 22.1 Å². The minimum atomic E-state index is 0.396. The minimum absolute atomic E-state index is 0.396. The molecule has 3 rings (SSSR count).